The molecular weight excluding hydrogens is 153 g/mol. The lowest BCUT2D eigenvalue weighted by Gasteiger charge is -2.02. The monoisotopic (exact) mass is 165 g/mol. The van der Waals surface area contributed by atoms with Crippen molar-refractivity contribution < 1.29 is 4.39 Å². The lowest BCUT2D eigenvalue weighted by molar-refractivity contribution is 0.627. The van der Waals surface area contributed by atoms with Gasteiger partial charge in [-0.15, -0.1) is 0 Å². The Kier molecular flexibility index (Phi) is 3.00. The van der Waals surface area contributed by atoms with E-state index in [-0.39, 0.29) is 5.82 Å². The smallest absolute Gasteiger partial charge is 0.123 e. The molecule has 1 nitrogen and oxygen atoms in total. The molecule has 0 amide bonds. The Balaban J connectivity index is 2.75. The minimum atomic E-state index is -0.223. The second-order valence-corrected chi connectivity index (χ2v) is 2.65. The zero-order valence-electron chi connectivity index (χ0n) is 6.89. The number of benzene rings is 1. The molecule has 2 N–H and O–H groups in total. The molecule has 0 aromatic heterocycles. The van der Waals surface area contributed by atoms with Crippen LogP contribution >= 0.6 is 0 Å². The summed E-state index contributed by atoms with van der Waals surface area (Å²) in [5.41, 5.74) is 7.28. The van der Waals surface area contributed by atoms with Crippen LogP contribution in [0.15, 0.2) is 30.8 Å². The lowest BCUT2D eigenvalue weighted by Crippen LogP contribution is -1.99. The zero-order chi connectivity index (χ0) is 8.97. The first-order chi connectivity index (χ1) is 5.74. The minimum Gasteiger partial charge on any atom is -0.330 e. The van der Waals surface area contributed by atoms with Gasteiger partial charge in [0.05, 0.1) is 0 Å². The molecule has 0 aliphatic rings. The highest BCUT2D eigenvalue weighted by Crippen LogP contribution is 2.15. The van der Waals surface area contributed by atoms with E-state index in [1.807, 2.05) is 0 Å². The highest BCUT2D eigenvalue weighted by Gasteiger charge is 1.97. The second kappa shape index (κ2) is 4.02. The molecule has 0 atom stereocenters. The van der Waals surface area contributed by atoms with Crippen molar-refractivity contribution in [1.82, 2.24) is 0 Å². The van der Waals surface area contributed by atoms with Gasteiger partial charge in [0.1, 0.15) is 5.82 Å². The van der Waals surface area contributed by atoms with Crippen LogP contribution in [0.2, 0.25) is 0 Å². The third-order valence-electron chi connectivity index (χ3n) is 1.70. The Morgan fingerprint density at radius 1 is 1.33 bits per heavy atom. The Hall–Kier alpha value is -1.15. The maximum Gasteiger partial charge on any atom is 0.123 e. The van der Waals surface area contributed by atoms with Crippen molar-refractivity contribution in [3.8, 4) is 0 Å². The first-order valence-corrected chi connectivity index (χ1v) is 3.88. The van der Waals surface area contributed by atoms with Crippen LogP contribution in [0.25, 0.3) is 5.57 Å². The van der Waals surface area contributed by atoms with Crippen LogP contribution in [0.1, 0.15) is 12.0 Å². The molecule has 64 valence electrons. The zero-order valence-corrected chi connectivity index (χ0v) is 6.89. The standard InChI is InChI=1S/C10H12FN/c1-8(6-7-12)9-2-4-10(11)5-3-9/h2-5H,1,6-7,12H2. The molecule has 0 radical (unpaired) electrons. The molecule has 0 aliphatic heterocycles. The predicted molar refractivity (Wildman–Crippen MR) is 49.1 cm³/mol. The van der Waals surface area contributed by atoms with E-state index in [0.717, 1.165) is 17.6 Å². The quantitative estimate of drug-likeness (QED) is 0.730. The normalized spacial score (nSPS) is 9.83. The molecule has 0 aliphatic carbocycles. The lowest BCUT2D eigenvalue weighted by atomic mass is 10.1. The van der Waals surface area contributed by atoms with Crippen molar-refractivity contribution in [3.63, 3.8) is 0 Å². The van der Waals surface area contributed by atoms with Gasteiger partial charge >= 0.3 is 0 Å². The van der Waals surface area contributed by atoms with E-state index in [0.29, 0.717) is 6.54 Å². The van der Waals surface area contributed by atoms with Crippen molar-refractivity contribution in [1.29, 1.82) is 0 Å². The molecule has 1 aromatic rings. The summed E-state index contributed by atoms with van der Waals surface area (Å²) < 4.78 is 12.5. The maximum absolute atomic E-state index is 12.5. The third-order valence-corrected chi connectivity index (χ3v) is 1.70. The Morgan fingerprint density at radius 3 is 2.42 bits per heavy atom. The first kappa shape index (κ1) is 8.94. The second-order valence-electron chi connectivity index (χ2n) is 2.65. The van der Waals surface area contributed by atoms with Crippen LogP contribution in [0.3, 0.4) is 0 Å². The number of rotatable bonds is 3. The highest BCUT2D eigenvalue weighted by atomic mass is 19.1. The van der Waals surface area contributed by atoms with Gasteiger partial charge in [0, 0.05) is 0 Å². The summed E-state index contributed by atoms with van der Waals surface area (Å²) in [6, 6.07) is 6.29. The van der Waals surface area contributed by atoms with Gasteiger partial charge in [0.2, 0.25) is 0 Å². The van der Waals surface area contributed by atoms with Gasteiger partial charge in [0.15, 0.2) is 0 Å². The number of hydrogen-bond acceptors (Lipinski definition) is 1. The number of nitrogens with two attached hydrogens (primary N) is 1. The SMILES string of the molecule is C=C(CCN)c1ccc(F)cc1. The molecule has 2 heteroatoms. The molecule has 0 spiro atoms. The van der Waals surface area contributed by atoms with E-state index < -0.39 is 0 Å². The van der Waals surface area contributed by atoms with E-state index in [9.17, 15) is 4.39 Å². The average molecular weight is 165 g/mol. The van der Waals surface area contributed by atoms with Crippen molar-refractivity contribution >= 4 is 5.57 Å². The van der Waals surface area contributed by atoms with Crippen LogP contribution in [0.4, 0.5) is 4.39 Å². The van der Waals surface area contributed by atoms with Crippen LogP contribution in [-0.2, 0) is 0 Å². The predicted octanol–water partition coefficient (Wildman–Crippen LogP) is 2.19. The summed E-state index contributed by atoms with van der Waals surface area (Å²) in [5, 5.41) is 0. The third kappa shape index (κ3) is 2.17. The van der Waals surface area contributed by atoms with Crippen molar-refractivity contribution in [2.45, 2.75) is 6.42 Å². The summed E-state index contributed by atoms with van der Waals surface area (Å²) in [6.45, 7) is 4.42. The molecule has 12 heavy (non-hydrogen) atoms. The van der Waals surface area contributed by atoms with Crippen LogP contribution in [0.5, 0.6) is 0 Å². The fourth-order valence-electron chi connectivity index (χ4n) is 1.00. The molecule has 0 unspecified atom stereocenters. The van der Waals surface area contributed by atoms with Gasteiger partial charge < -0.3 is 5.73 Å². The number of halogens is 1. The molecule has 1 aromatic carbocycles. The summed E-state index contributed by atoms with van der Waals surface area (Å²) in [4.78, 5) is 0. The first-order valence-electron chi connectivity index (χ1n) is 3.88. The fourth-order valence-corrected chi connectivity index (χ4v) is 1.00. The Morgan fingerprint density at radius 2 is 1.92 bits per heavy atom. The van der Waals surface area contributed by atoms with E-state index in [1.165, 1.54) is 12.1 Å². The van der Waals surface area contributed by atoms with Gasteiger partial charge in [-0.2, -0.15) is 0 Å². The molecule has 0 bridgehead atoms. The van der Waals surface area contributed by atoms with Crippen molar-refractivity contribution in [3.05, 3.63) is 42.2 Å². The van der Waals surface area contributed by atoms with Gasteiger partial charge in [-0.05, 0) is 36.2 Å². The maximum atomic E-state index is 12.5. The molecular formula is C10H12FN. The molecule has 1 rings (SSSR count). The van der Waals surface area contributed by atoms with Crippen molar-refractivity contribution in [2.75, 3.05) is 6.54 Å². The fraction of sp³-hybridized carbons (Fsp3) is 0.200. The summed E-state index contributed by atoms with van der Waals surface area (Å²) in [5.74, 6) is -0.223. The van der Waals surface area contributed by atoms with Gasteiger partial charge in [0.25, 0.3) is 0 Å². The van der Waals surface area contributed by atoms with Crippen LogP contribution in [0, 0.1) is 5.82 Å². The molecule has 0 saturated heterocycles. The van der Waals surface area contributed by atoms with E-state index in [1.54, 1.807) is 12.1 Å². The van der Waals surface area contributed by atoms with Crippen LogP contribution in [-0.4, -0.2) is 6.54 Å². The molecule has 0 heterocycles. The molecule has 0 saturated carbocycles. The van der Waals surface area contributed by atoms with Gasteiger partial charge in [-0.1, -0.05) is 18.7 Å². The van der Waals surface area contributed by atoms with E-state index in [2.05, 4.69) is 6.58 Å². The topological polar surface area (TPSA) is 26.0 Å². The summed E-state index contributed by atoms with van der Waals surface area (Å²) in [6.07, 6.45) is 0.756. The van der Waals surface area contributed by atoms with E-state index >= 15 is 0 Å². The van der Waals surface area contributed by atoms with Gasteiger partial charge in [-0.3, -0.25) is 0 Å². The Labute approximate surface area is 71.7 Å². The Bertz CT molecular complexity index is 264. The summed E-state index contributed by atoms with van der Waals surface area (Å²) >= 11 is 0. The van der Waals surface area contributed by atoms with Crippen molar-refractivity contribution in [2.24, 2.45) is 5.73 Å². The minimum absolute atomic E-state index is 0.223. The number of hydrogen-bond donors (Lipinski definition) is 1. The van der Waals surface area contributed by atoms with E-state index in [4.69, 9.17) is 5.73 Å². The largest absolute Gasteiger partial charge is 0.330 e. The van der Waals surface area contributed by atoms with Crippen LogP contribution < -0.4 is 5.73 Å². The van der Waals surface area contributed by atoms with Gasteiger partial charge in [-0.25, -0.2) is 4.39 Å². The highest BCUT2D eigenvalue weighted by molar-refractivity contribution is 5.63. The average Bonchev–Trinajstić information content (AvgIpc) is 2.06. The molecule has 0 fully saturated rings. The summed E-state index contributed by atoms with van der Waals surface area (Å²) in [7, 11) is 0.